The van der Waals surface area contributed by atoms with E-state index in [0.717, 1.165) is 38.0 Å². The maximum atomic E-state index is 11.2. The molecule has 1 aromatic rings. The van der Waals surface area contributed by atoms with Crippen molar-refractivity contribution < 1.29 is 4.79 Å². The fourth-order valence-corrected chi connectivity index (χ4v) is 3.49. The van der Waals surface area contributed by atoms with Gasteiger partial charge in [0.2, 0.25) is 5.91 Å². The minimum Gasteiger partial charge on any atom is -0.399 e. The van der Waals surface area contributed by atoms with Crippen LogP contribution in [-0.2, 0) is 11.2 Å². The van der Waals surface area contributed by atoms with E-state index in [4.69, 9.17) is 11.5 Å². The van der Waals surface area contributed by atoms with Gasteiger partial charge < -0.3 is 11.5 Å². The molecule has 0 saturated carbocycles. The average Bonchev–Trinajstić information content (AvgIpc) is 2.81. The van der Waals surface area contributed by atoms with Gasteiger partial charge in [-0.25, -0.2) is 0 Å². The molecule has 3 rings (SSSR count). The van der Waals surface area contributed by atoms with Gasteiger partial charge in [-0.2, -0.15) is 0 Å². The minimum atomic E-state index is -0.140. The molecule has 1 fully saturated rings. The number of piperidine rings is 1. The zero-order valence-electron chi connectivity index (χ0n) is 11.1. The predicted molar refractivity (Wildman–Crippen MR) is 75.4 cm³/mol. The van der Waals surface area contributed by atoms with Crippen LogP contribution < -0.4 is 11.5 Å². The van der Waals surface area contributed by atoms with Crippen molar-refractivity contribution in [1.82, 2.24) is 4.90 Å². The molecule has 1 amide bonds. The van der Waals surface area contributed by atoms with Gasteiger partial charge in [0.15, 0.2) is 0 Å². The first kappa shape index (κ1) is 12.5. The largest absolute Gasteiger partial charge is 0.399 e. The topological polar surface area (TPSA) is 72.4 Å². The number of nitrogen functional groups attached to an aromatic ring is 1. The van der Waals surface area contributed by atoms with E-state index in [1.807, 2.05) is 6.07 Å². The lowest BCUT2D eigenvalue weighted by Gasteiger charge is -2.35. The molecule has 1 unspecified atom stereocenters. The molecule has 4 heteroatoms. The Morgan fingerprint density at radius 1 is 1.21 bits per heavy atom. The highest BCUT2D eigenvalue weighted by molar-refractivity contribution is 5.76. The molecular formula is C15H21N3O. The zero-order chi connectivity index (χ0) is 13.4. The van der Waals surface area contributed by atoms with Gasteiger partial charge in [-0.15, -0.1) is 0 Å². The van der Waals surface area contributed by atoms with Crippen LogP contribution >= 0.6 is 0 Å². The summed E-state index contributed by atoms with van der Waals surface area (Å²) in [6, 6.07) is 6.77. The van der Waals surface area contributed by atoms with Gasteiger partial charge in [0, 0.05) is 17.6 Å². The van der Waals surface area contributed by atoms with Gasteiger partial charge in [0.05, 0.1) is 0 Å². The third-order valence-electron chi connectivity index (χ3n) is 4.59. The lowest BCUT2D eigenvalue weighted by molar-refractivity contribution is -0.123. The van der Waals surface area contributed by atoms with Crippen LogP contribution in [0.1, 0.15) is 36.4 Å². The fraction of sp³-hybridized carbons (Fsp3) is 0.533. The summed E-state index contributed by atoms with van der Waals surface area (Å²) in [7, 11) is 0. The van der Waals surface area contributed by atoms with Crippen LogP contribution in [-0.4, -0.2) is 23.9 Å². The Morgan fingerprint density at radius 3 is 2.63 bits per heavy atom. The van der Waals surface area contributed by atoms with Crippen molar-refractivity contribution in [2.45, 2.75) is 31.7 Å². The van der Waals surface area contributed by atoms with Crippen molar-refractivity contribution in [3.05, 3.63) is 29.3 Å². The van der Waals surface area contributed by atoms with Gasteiger partial charge in [-0.05, 0) is 62.0 Å². The number of anilines is 1. The summed E-state index contributed by atoms with van der Waals surface area (Å²) >= 11 is 0. The summed E-state index contributed by atoms with van der Waals surface area (Å²) in [5.74, 6) is -0.0669. The number of hydrogen-bond acceptors (Lipinski definition) is 3. The second-order valence-corrected chi connectivity index (χ2v) is 5.73. The highest BCUT2D eigenvalue weighted by atomic mass is 16.1. The summed E-state index contributed by atoms with van der Waals surface area (Å²) in [5, 5.41) is 0. The van der Waals surface area contributed by atoms with Gasteiger partial charge in [-0.1, -0.05) is 6.07 Å². The highest BCUT2D eigenvalue weighted by Gasteiger charge is 2.31. The van der Waals surface area contributed by atoms with Gasteiger partial charge >= 0.3 is 0 Å². The van der Waals surface area contributed by atoms with Crippen molar-refractivity contribution in [2.24, 2.45) is 11.7 Å². The molecule has 1 atom stereocenters. The first-order valence-electron chi connectivity index (χ1n) is 7.07. The third kappa shape index (κ3) is 2.32. The van der Waals surface area contributed by atoms with E-state index in [9.17, 15) is 4.79 Å². The van der Waals surface area contributed by atoms with Crippen molar-refractivity contribution in [3.63, 3.8) is 0 Å². The molecular weight excluding hydrogens is 238 g/mol. The molecule has 0 aromatic heterocycles. The Labute approximate surface area is 113 Å². The summed E-state index contributed by atoms with van der Waals surface area (Å²) in [6.45, 7) is 1.95. The van der Waals surface area contributed by atoms with Crippen LogP contribution in [0.25, 0.3) is 0 Å². The Kier molecular flexibility index (Phi) is 3.19. The number of likely N-dealkylation sites (tertiary alicyclic amines) is 1. The van der Waals surface area contributed by atoms with Crippen LogP contribution in [0.4, 0.5) is 5.69 Å². The second kappa shape index (κ2) is 4.85. The Balaban J connectivity index is 1.71. The number of aryl methyl sites for hydroxylation is 1. The fourth-order valence-electron chi connectivity index (χ4n) is 3.49. The molecule has 0 bridgehead atoms. The Hall–Kier alpha value is -1.55. The van der Waals surface area contributed by atoms with Gasteiger partial charge in [0.25, 0.3) is 0 Å². The normalized spacial score (nSPS) is 24.3. The summed E-state index contributed by atoms with van der Waals surface area (Å²) in [4.78, 5) is 13.7. The number of hydrogen-bond donors (Lipinski definition) is 2. The number of rotatable bonds is 2. The van der Waals surface area contributed by atoms with Gasteiger partial charge in [-0.3, -0.25) is 9.69 Å². The quantitative estimate of drug-likeness (QED) is 0.790. The lowest BCUT2D eigenvalue weighted by atomic mass is 9.94. The molecule has 1 aliphatic carbocycles. The molecule has 1 heterocycles. The number of nitrogens with zero attached hydrogens (tertiary/aromatic N) is 1. The SMILES string of the molecule is NC(=O)C1CCN(C2CCc3cc(N)ccc32)CC1. The summed E-state index contributed by atoms with van der Waals surface area (Å²) < 4.78 is 0. The van der Waals surface area contributed by atoms with E-state index in [-0.39, 0.29) is 11.8 Å². The molecule has 4 nitrogen and oxygen atoms in total. The average molecular weight is 259 g/mol. The van der Waals surface area contributed by atoms with Crippen LogP contribution in [0.3, 0.4) is 0 Å². The van der Waals surface area contributed by atoms with E-state index in [0.29, 0.717) is 6.04 Å². The van der Waals surface area contributed by atoms with Crippen molar-refractivity contribution in [3.8, 4) is 0 Å². The first-order chi connectivity index (χ1) is 9.15. The third-order valence-corrected chi connectivity index (χ3v) is 4.59. The minimum absolute atomic E-state index is 0.0727. The van der Waals surface area contributed by atoms with Crippen molar-refractivity contribution in [2.75, 3.05) is 18.8 Å². The van der Waals surface area contributed by atoms with Crippen LogP contribution in [0.15, 0.2) is 18.2 Å². The monoisotopic (exact) mass is 259 g/mol. The van der Waals surface area contributed by atoms with Crippen molar-refractivity contribution in [1.29, 1.82) is 0 Å². The number of amides is 1. The standard InChI is InChI=1S/C15H21N3O/c16-12-2-3-13-11(9-12)1-4-14(13)18-7-5-10(6-8-18)15(17)19/h2-3,9-10,14H,1,4-8,16H2,(H2,17,19). The number of carbonyl (C=O) groups is 1. The molecule has 1 aliphatic heterocycles. The number of carbonyl (C=O) groups excluding carboxylic acids is 1. The van der Waals surface area contributed by atoms with Crippen LogP contribution in [0.5, 0.6) is 0 Å². The van der Waals surface area contributed by atoms with E-state index < -0.39 is 0 Å². The first-order valence-corrected chi connectivity index (χ1v) is 7.07. The number of benzene rings is 1. The molecule has 4 N–H and O–H groups in total. The second-order valence-electron chi connectivity index (χ2n) is 5.73. The summed E-state index contributed by atoms with van der Waals surface area (Å²) in [5.41, 5.74) is 14.9. The van der Waals surface area contributed by atoms with E-state index in [1.54, 1.807) is 0 Å². The molecule has 19 heavy (non-hydrogen) atoms. The van der Waals surface area contributed by atoms with Crippen molar-refractivity contribution >= 4 is 11.6 Å². The number of nitrogens with two attached hydrogens (primary N) is 2. The smallest absolute Gasteiger partial charge is 0.220 e. The van der Waals surface area contributed by atoms with Crippen LogP contribution in [0, 0.1) is 5.92 Å². The van der Waals surface area contributed by atoms with Crippen LogP contribution in [0.2, 0.25) is 0 Å². The van der Waals surface area contributed by atoms with E-state index >= 15 is 0 Å². The molecule has 1 aromatic carbocycles. The molecule has 0 radical (unpaired) electrons. The summed E-state index contributed by atoms with van der Waals surface area (Å²) in [6.07, 6.45) is 4.08. The maximum Gasteiger partial charge on any atom is 0.220 e. The molecule has 102 valence electrons. The molecule has 0 spiro atoms. The number of fused-ring (bicyclic) bond motifs is 1. The van der Waals surface area contributed by atoms with E-state index in [2.05, 4.69) is 17.0 Å². The zero-order valence-corrected chi connectivity index (χ0v) is 11.1. The Bertz CT molecular complexity index is 492. The maximum absolute atomic E-state index is 11.2. The van der Waals surface area contributed by atoms with E-state index in [1.165, 1.54) is 17.5 Å². The van der Waals surface area contributed by atoms with Gasteiger partial charge in [0.1, 0.15) is 0 Å². The predicted octanol–water partition coefficient (Wildman–Crippen LogP) is 1.45. The molecule has 2 aliphatic rings. The Morgan fingerprint density at radius 2 is 1.95 bits per heavy atom. The molecule has 1 saturated heterocycles. The highest BCUT2D eigenvalue weighted by Crippen LogP contribution is 2.38. The lowest BCUT2D eigenvalue weighted by Crippen LogP contribution is -2.39. The number of primary amides is 1.